The van der Waals surface area contributed by atoms with Gasteiger partial charge in [-0.05, 0) is 37.5 Å². The van der Waals surface area contributed by atoms with Crippen molar-refractivity contribution in [1.29, 1.82) is 0 Å². The van der Waals surface area contributed by atoms with E-state index in [1.165, 1.54) is 6.42 Å². The van der Waals surface area contributed by atoms with Crippen molar-refractivity contribution in [2.75, 3.05) is 49.4 Å². The van der Waals surface area contributed by atoms with Crippen LogP contribution >= 0.6 is 21.6 Å². The van der Waals surface area contributed by atoms with E-state index in [4.69, 9.17) is 28.4 Å². The number of benzene rings is 1. The predicted octanol–water partition coefficient (Wildman–Crippen LogP) is -5.85. The molecule has 1 unspecified atom stereocenters. The molecule has 0 aliphatic carbocycles. The van der Waals surface area contributed by atoms with Crippen LogP contribution < -0.4 is 21.3 Å². The van der Waals surface area contributed by atoms with E-state index in [2.05, 4.69) is 21.3 Å². The topological polar surface area (TPSA) is 455 Å². The number of aliphatic carboxylic acids is 1. The van der Waals surface area contributed by atoms with Crippen molar-refractivity contribution in [3.8, 4) is 0 Å². The maximum Gasteiger partial charge on any atom is 0.364 e. The molecule has 1 aromatic carbocycles. The van der Waals surface area contributed by atoms with Gasteiger partial charge in [0.25, 0.3) is 5.79 Å². The van der Waals surface area contributed by atoms with Gasteiger partial charge in [0.1, 0.15) is 85.4 Å². The number of carboxylic acid groups (broad SMARTS) is 1. The Morgan fingerprint density at radius 3 is 2.08 bits per heavy atom. The average molecular weight is 1120 g/mol. The van der Waals surface area contributed by atoms with Crippen LogP contribution in [0.3, 0.4) is 0 Å². The molecule has 1 aromatic rings. The first-order chi connectivity index (χ1) is 35.5. The maximum absolute atomic E-state index is 12.9. The lowest BCUT2D eigenvalue weighted by Crippen LogP contribution is -2.71. The molecular formula is C45H72N4O24S2. The standard InChI is InChI=1S/C45H72N4O24S2/c1-19(53)47-31-24(55)13-45(44(66)67,72-40(31)35(62)26(57)15-50)73-41-36(63)28(16-51)69-43(38(41)65)71-39-29(17-52)70-42(32(37(39)64)48-20(2)54)68-18-27(58)34(61)33(60)25(56)14-46-21-6-5-7-22(12-21)49-30(59)9-4-3-8-23-10-11-74-75-23/h5-7,12,23-29,31-43,46,50-52,55-58,60-65H,3-4,8-11,13-18H2,1-2H3,(H,47,53)(H,48,54)(H,49,59)(H,66,67)/t23?,24-,25-,26+,27+,28+,29+,31+,32+,33+,34+,35+,36-,37+,38+,39+,40+,41-,42+,43-,45-/m0/s1. The molecule has 0 radical (unpaired) electrons. The molecule has 28 nitrogen and oxygen atoms in total. The summed E-state index contributed by atoms with van der Waals surface area (Å²) < 4.78 is 34.1. The van der Waals surface area contributed by atoms with E-state index in [1.54, 1.807) is 24.3 Å². The van der Waals surface area contributed by atoms with Crippen molar-refractivity contribution in [2.45, 2.75) is 180 Å². The second kappa shape index (κ2) is 29.2. The lowest BCUT2D eigenvalue weighted by molar-refractivity contribution is -0.383. The number of amides is 3. The van der Waals surface area contributed by atoms with E-state index in [9.17, 15) is 90.7 Å². The van der Waals surface area contributed by atoms with Gasteiger partial charge in [-0.25, -0.2) is 4.79 Å². The van der Waals surface area contributed by atoms with Gasteiger partial charge in [0.05, 0.1) is 44.7 Å². The average Bonchev–Trinajstić information content (AvgIpc) is 3.90. The third-order valence-corrected chi connectivity index (χ3v) is 16.0. The third kappa shape index (κ3) is 16.7. The summed E-state index contributed by atoms with van der Waals surface area (Å²) in [5, 5.41) is 161. The lowest BCUT2D eigenvalue weighted by atomic mass is 9.88. The molecule has 0 saturated carbocycles. The first kappa shape index (κ1) is 62.7. The third-order valence-electron chi connectivity index (χ3n) is 13.0. The Labute approximate surface area is 438 Å². The Kier molecular flexibility index (Phi) is 24.4. The number of anilines is 2. The number of carbonyl (C=O) groups is 4. The summed E-state index contributed by atoms with van der Waals surface area (Å²) in [5.74, 6) is -5.76. The number of hydrogen-bond donors (Lipinski definition) is 18. The van der Waals surface area contributed by atoms with Crippen LogP contribution in [0.5, 0.6) is 0 Å². The summed E-state index contributed by atoms with van der Waals surface area (Å²) in [6.07, 6.45) is -30.6. The van der Waals surface area contributed by atoms with Crippen LogP contribution in [-0.2, 0) is 47.6 Å². The zero-order valence-electron chi connectivity index (χ0n) is 41.0. The zero-order chi connectivity index (χ0) is 55.3. The van der Waals surface area contributed by atoms with Crippen LogP contribution in [-0.4, -0.2) is 261 Å². The summed E-state index contributed by atoms with van der Waals surface area (Å²) in [6, 6.07) is 3.30. The number of carboxylic acids is 1. The molecule has 18 N–H and O–H groups in total. The fourth-order valence-corrected chi connectivity index (χ4v) is 12.0. The van der Waals surface area contributed by atoms with Crippen LogP contribution in [0.2, 0.25) is 0 Å². The van der Waals surface area contributed by atoms with Crippen molar-refractivity contribution in [1.82, 2.24) is 10.6 Å². The highest BCUT2D eigenvalue weighted by atomic mass is 33.1. The van der Waals surface area contributed by atoms with Gasteiger partial charge in [-0.3, -0.25) is 14.4 Å². The Morgan fingerprint density at radius 2 is 1.45 bits per heavy atom. The number of aliphatic hydroxyl groups is 13. The van der Waals surface area contributed by atoms with Crippen LogP contribution in [0.4, 0.5) is 11.4 Å². The molecule has 3 amide bonds. The van der Waals surface area contributed by atoms with Crippen molar-refractivity contribution in [3.63, 3.8) is 0 Å². The molecule has 0 aromatic heterocycles. The molecule has 0 spiro atoms. The van der Waals surface area contributed by atoms with Gasteiger partial charge < -0.3 is 121 Å². The first-order valence-electron chi connectivity index (χ1n) is 24.3. The van der Waals surface area contributed by atoms with E-state index in [0.29, 0.717) is 23.0 Å². The molecule has 4 heterocycles. The number of unbranched alkanes of at least 4 members (excludes halogenated alkanes) is 1. The van der Waals surface area contributed by atoms with Gasteiger partial charge in [-0.15, -0.1) is 0 Å². The smallest absolute Gasteiger partial charge is 0.364 e. The second-order valence-corrected chi connectivity index (χ2v) is 21.5. The molecule has 30 heteroatoms. The molecule has 75 heavy (non-hydrogen) atoms. The Morgan fingerprint density at radius 1 is 0.800 bits per heavy atom. The Balaban J connectivity index is 1.21. The van der Waals surface area contributed by atoms with Crippen molar-refractivity contribution >= 4 is 56.7 Å². The molecular weight excluding hydrogens is 1040 g/mol. The number of nitrogens with one attached hydrogen (secondary N) is 4. The van der Waals surface area contributed by atoms with E-state index in [0.717, 1.165) is 38.9 Å². The molecule has 5 rings (SSSR count). The molecule has 4 fully saturated rings. The quantitative estimate of drug-likeness (QED) is 0.0288. The van der Waals surface area contributed by atoms with Gasteiger partial charge in [0.2, 0.25) is 17.7 Å². The highest BCUT2D eigenvalue weighted by Gasteiger charge is 2.60. The summed E-state index contributed by atoms with van der Waals surface area (Å²) in [6.45, 7) is -2.35. The van der Waals surface area contributed by atoms with Gasteiger partial charge in [0.15, 0.2) is 12.6 Å². The molecule has 4 aliphatic heterocycles. The van der Waals surface area contributed by atoms with Gasteiger partial charge in [0, 0.05) is 55.6 Å². The molecule has 0 bridgehead atoms. The summed E-state index contributed by atoms with van der Waals surface area (Å²) >= 11 is 0. The Hall–Kier alpha value is -3.16. The zero-order valence-corrected chi connectivity index (χ0v) is 42.6. The van der Waals surface area contributed by atoms with Crippen LogP contribution in [0, 0.1) is 0 Å². The van der Waals surface area contributed by atoms with Gasteiger partial charge in [-0.2, -0.15) is 0 Å². The van der Waals surface area contributed by atoms with Gasteiger partial charge in [-0.1, -0.05) is 34.1 Å². The van der Waals surface area contributed by atoms with E-state index < -0.39 is 173 Å². The molecule has 428 valence electrons. The first-order valence-corrected chi connectivity index (χ1v) is 26.7. The monoisotopic (exact) mass is 1120 g/mol. The summed E-state index contributed by atoms with van der Waals surface area (Å²) in [4.78, 5) is 49.9. The van der Waals surface area contributed by atoms with Crippen molar-refractivity contribution < 1.29 is 119 Å². The number of rotatable bonds is 27. The number of ether oxygens (including phenoxy) is 6. The Bertz CT molecular complexity index is 1990. The van der Waals surface area contributed by atoms with Crippen LogP contribution in [0.15, 0.2) is 24.3 Å². The fourth-order valence-electron chi connectivity index (χ4n) is 8.94. The van der Waals surface area contributed by atoms with Crippen LogP contribution in [0.1, 0.15) is 52.4 Å². The highest BCUT2D eigenvalue weighted by Crippen LogP contribution is 2.41. The minimum absolute atomic E-state index is 0.161. The van der Waals surface area contributed by atoms with Crippen molar-refractivity contribution in [2.24, 2.45) is 0 Å². The van der Waals surface area contributed by atoms with E-state index >= 15 is 0 Å². The van der Waals surface area contributed by atoms with E-state index in [1.807, 2.05) is 21.6 Å². The second-order valence-electron chi connectivity index (χ2n) is 18.7. The fraction of sp³-hybridized carbons (Fsp3) is 0.778. The largest absolute Gasteiger partial charge is 0.477 e. The highest BCUT2D eigenvalue weighted by molar-refractivity contribution is 8.77. The molecule has 4 aliphatic rings. The minimum Gasteiger partial charge on any atom is -0.477 e. The maximum atomic E-state index is 12.9. The number of aliphatic hydroxyl groups excluding tert-OH is 13. The SMILES string of the molecule is CC(=O)N[C@H]1[C@H](OC[C@@H](O)[C@@H](O)[C@H](O)[C@@H](O)CNc2cccc(NC(=O)CCCCC3CCSS3)c2)O[C@H](CO)[C@@H](O[C@@H]2O[C@H](CO)[C@H](O)[C@H](O[C@]3(C(=O)O)C[C@H](O)[C@@H](NC(C)=O)[C@H]([C@H](O)[C@H](O)CO)O3)[C@H]2O)[C@@H]1O. The van der Waals surface area contributed by atoms with Crippen LogP contribution in [0.25, 0.3) is 0 Å². The van der Waals surface area contributed by atoms with E-state index in [-0.39, 0.29) is 12.5 Å². The number of hydrogen-bond acceptors (Lipinski definition) is 26. The van der Waals surface area contributed by atoms with Gasteiger partial charge >= 0.3 is 5.97 Å². The lowest BCUT2D eigenvalue weighted by Gasteiger charge is -2.51. The molecule has 21 atom stereocenters. The normalized spacial score (nSPS) is 34.5. The molecule has 4 saturated heterocycles. The number of carbonyl (C=O) groups excluding carboxylic acids is 3. The predicted molar refractivity (Wildman–Crippen MR) is 260 cm³/mol. The summed E-state index contributed by atoms with van der Waals surface area (Å²) in [7, 11) is 3.76. The minimum atomic E-state index is -3.13. The van der Waals surface area contributed by atoms with Crippen molar-refractivity contribution in [3.05, 3.63) is 24.3 Å². The summed E-state index contributed by atoms with van der Waals surface area (Å²) in [5.41, 5.74) is 0.930.